The van der Waals surface area contributed by atoms with E-state index in [-0.39, 0.29) is 12.3 Å². The van der Waals surface area contributed by atoms with Gasteiger partial charge in [-0.3, -0.25) is 4.79 Å². The quantitative estimate of drug-likeness (QED) is 0.888. The minimum absolute atomic E-state index is 0.0488. The number of carbonyl (C=O) groups is 1. The number of amides is 1. The van der Waals surface area contributed by atoms with E-state index in [4.69, 9.17) is 10.00 Å². The normalized spacial score (nSPS) is 19.7. The fourth-order valence-corrected chi connectivity index (χ4v) is 2.18. The fourth-order valence-electron chi connectivity index (χ4n) is 2.18. The van der Waals surface area contributed by atoms with E-state index in [1.54, 1.807) is 12.0 Å². The lowest BCUT2D eigenvalue weighted by Crippen LogP contribution is -2.43. The van der Waals surface area contributed by atoms with Gasteiger partial charge in [0, 0.05) is 18.3 Å². The molecule has 1 aliphatic heterocycles. The second kappa shape index (κ2) is 6.21. The number of methoxy groups -OCH3 is 1. The molecule has 1 aromatic rings. The molecule has 5 nitrogen and oxygen atoms in total. The zero-order valence-corrected chi connectivity index (χ0v) is 10.9. The Bertz CT molecular complexity index is 496. The van der Waals surface area contributed by atoms with E-state index in [0.29, 0.717) is 6.54 Å². The number of hydrogen-bond acceptors (Lipinski definition) is 4. The molecule has 1 amide bonds. The lowest BCUT2D eigenvalue weighted by molar-refractivity contribution is -0.120. The van der Waals surface area contributed by atoms with Crippen LogP contribution in [0.5, 0.6) is 5.75 Å². The summed E-state index contributed by atoms with van der Waals surface area (Å²) in [6, 6.07) is 9.07. The molecule has 1 unspecified atom stereocenters. The largest absolute Gasteiger partial charge is 0.497 e. The Labute approximate surface area is 112 Å². The molecule has 19 heavy (non-hydrogen) atoms. The molecule has 1 N–H and O–H groups in total. The van der Waals surface area contributed by atoms with E-state index in [1.807, 2.05) is 24.3 Å². The van der Waals surface area contributed by atoms with Crippen molar-refractivity contribution in [1.29, 1.82) is 5.26 Å². The molecular weight excluding hydrogens is 242 g/mol. The summed E-state index contributed by atoms with van der Waals surface area (Å²) in [5.74, 6) is 0.673. The summed E-state index contributed by atoms with van der Waals surface area (Å²) in [5.41, 5.74) is 0.816. The minimum atomic E-state index is -0.418. The first-order chi connectivity index (χ1) is 9.26. The SMILES string of the molecule is COc1cccc(N2CCCNC(CC#N)C2=O)c1. The van der Waals surface area contributed by atoms with E-state index in [1.165, 1.54) is 0 Å². The summed E-state index contributed by atoms with van der Waals surface area (Å²) < 4.78 is 5.18. The van der Waals surface area contributed by atoms with Gasteiger partial charge in [-0.2, -0.15) is 5.26 Å². The zero-order chi connectivity index (χ0) is 13.7. The fraction of sp³-hybridized carbons (Fsp3) is 0.429. The molecule has 0 saturated carbocycles. The predicted molar refractivity (Wildman–Crippen MR) is 72.0 cm³/mol. The van der Waals surface area contributed by atoms with Crippen molar-refractivity contribution in [3.05, 3.63) is 24.3 Å². The first-order valence-electron chi connectivity index (χ1n) is 6.32. The lowest BCUT2D eigenvalue weighted by Gasteiger charge is -2.23. The number of benzene rings is 1. The first-order valence-corrected chi connectivity index (χ1v) is 6.32. The van der Waals surface area contributed by atoms with Crippen molar-refractivity contribution in [2.45, 2.75) is 18.9 Å². The maximum Gasteiger partial charge on any atom is 0.245 e. The van der Waals surface area contributed by atoms with Crippen LogP contribution in [0.2, 0.25) is 0 Å². The maximum atomic E-state index is 12.4. The van der Waals surface area contributed by atoms with E-state index in [0.717, 1.165) is 24.4 Å². The van der Waals surface area contributed by atoms with Crippen LogP contribution in [0.3, 0.4) is 0 Å². The minimum Gasteiger partial charge on any atom is -0.497 e. The summed E-state index contributed by atoms with van der Waals surface area (Å²) in [4.78, 5) is 14.1. The van der Waals surface area contributed by atoms with Crippen molar-refractivity contribution >= 4 is 11.6 Å². The number of anilines is 1. The van der Waals surface area contributed by atoms with Crippen molar-refractivity contribution < 1.29 is 9.53 Å². The molecule has 0 aromatic heterocycles. The van der Waals surface area contributed by atoms with Gasteiger partial charge in [0.15, 0.2) is 0 Å². The van der Waals surface area contributed by atoms with Crippen molar-refractivity contribution in [3.8, 4) is 11.8 Å². The van der Waals surface area contributed by atoms with Gasteiger partial charge in [-0.05, 0) is 25.1 Å². The number of ether oxygens (including phenoxy) is 1. The van der Waals surface area contributed by atoms with E-state index in [9.17, 15) is 4.79 Å². The molecule has 0 spiro atoms. The molecule has 100 valence electrons. The molecule has 0 bridgehead atoms. The van der Waals surface area contributed by atoms with Crippen LogP contribution in [0.15, 0.2) is 24.3 Å². The molecular formula is C14H17N3O2. The highest BCUT2D eigenvalue weighted by Crippen LogP contribution is 2.23. The van der Waals surface area contributed by atoms with Gasteiger partial charge < -0.3 is 15.0 Å². The number of hydrogen-bond donors (Lipinski definition) is 1. The van der Waals surface area contributed by atoms with Gasteiger partial charge >= 0.3 is 0 Å². The molecule has 1 aromatic carbocycles. The van der Waals surface area contributed by atoms with E-state index < -0.39 is 6.04 Å². The lowest BCUT2D eigenvalue weighted by atomic mass is 10.2. The molecule has 1 aliphatic rings. The number of rotatable bonds is 3. The monoisotopic (exact) mass is 259 g/mol. The second-order valence-corrected chi connectivity index (χ2v) is 4.41. The highest BCUT2D eigenvalue weighted by Gasteiger charge is 2.27. The zero-order valence-electron chi connectivity index (χ0n) is 10.9. The second-order valence-electron chi connectivity index (χ2n) is 4.41. The van der Waals surface area contributed by atoms with Crippen LogP contribution in [-0.2, 0) is 4.79 Å². The molecule has 1 atom stereocenters. The van der Waals surface area contributed by atoms with Crippen LogP contribution in [-0.4, -0.2) is 32.1 Å². The van der Waals surface area contributed by atoms with Crippen molar-refractivity contribution in [2.24, 2.45) is 0 Å². The summed E-state index contributed by atoms with van der Waals surface area (Å²) in [5, 5.41) is 11.9. The topological polar surface area (TPSA) is 65.4 Å². The Morgan fingerprint density at radius 2 is 2.42 bits per heavy atom. The Hall–Kier alpha value is -2.06. The van der Waals surface area contributed by atoms with Crippen LogP contribution in [0.25, 0.3) is 0 Å². The number of carbonyl (C=O) groups excluding carboxylic acids is 1. The van der Waals surface area contributed by atoms with Crippen LogP contribution in [0.4, 0.5) is 5.69 Å². The third-order valence-electron chi connectivity index (χ3n) is 3.17. The Balaban J connectivity index is 2.25. The Morgan fingerprint density at radius 3 is 3.16 bits per heavy atom. The standard InChI is InChI=1S/C14H17N3O2/c1-19-12-5-2-4-11(10-12)17-9-3-8-16-13(6-7-15)14(17)18/h2,4-5,10,13,16H,3,6,8-9H2,1H3. The molecule has 1 saturated heterocycles. The highest BCUT2D eigenvalue weighted by molar-refractivity contribution is 5.97. The molecule has 0 radical (unpaired) electrons. The third-order valence-corrected chi connectivity index (χ3v) is 3.17. The maximum absolute atomic E-state index is 12.4. The summed E-state index contributed by atoms with van der Waals surface area (Å²) in [6.45, 7) is 1.40. The Morgan fingerprint density at radius 1 is 1.58 bits per heavy atom. The van der Waals surface area contributed by atoms with Gasteiger partial charge in [-0.1, -0.05) is 6.07 Å². The summed E-state index contributed by atoms with van der Waals surface area (Å²) >= 11 is 0. The van der Waals surface area contributed by atoms with Crippen molar-refractivity contribution in [3.63, 3.8) is 0 Å². The molecule has 2 rings (SSSR count). The predicted octanol–water partition coefficient (Wildman–Crippen LogP) is 1.30. The van der Waals surface area contributed by atoms with Crippen LogP contribution >= 0.6 is 0 Å². The average molecular weight is 259 g/mol. The van der Waals surface area contributed by atoms with E-state index >= 15 is 0 Å². The molecule has 5 heteroatoms. The summed E-state index contributed by atoms with van der Waals surface area (Å²) in [7, 11) is 1.60. The number of nitrogens with one attached hydrogen (secondary N) is 1. The van der Waals surface area contributed by atoms with Gasteiger partial charge in [0.05, 0.1) is 19.6 Å². The smallest absolute Gasteiger partial charge is 0.245 e. The van der Waals surface area contributed by atoms with E-state index in [2.05, 4.69) is 11.4 Å². The van der Waals surface area contributed by atoms with Crippen molar-refractivity contribution in [2.75, 3.05) is 25.1 Å². The van der Waals surface area contributed by atoms with Gasteiger partial charge in [0.1, 0.15) is 11.8 Å². The molecule has 1 fully saturated rings. The third kappa shape index (κ3) is 3.04. The van der Waals surface area contributed by atoms with Crippen LogP contribution < -0.4 is 15.0 Å². The number of nitriles is 1. The van der Waals surface area contributed by atoms with Gasteiger partial charge in [-0.15, -0.1) is 0 Å². The first kappa shape index (κ1) is 13.4. The summed E-state index contributed by atoms with van der Waals surface area (Å²) in [6.07, 6.45) is 1.06. The Kier molecular flexibility index (Phi) is 4.37. The van der Waals surface area contributed by atoms with Gasteiger partial charge in [0.2, 0.25) is 5.91 Å². The van der Waals surface area contributed by atoms with Gasteiger partial charge in [0.25, 0.3) is 0 Å². The average Bonchev–Trinajstić information content (AvgIpc) is 2.62. The number of nitrogens with zero attached hydrogens (tertiary/aromatic N) is 2. The highest BCUT2D eigenvalue weighted by atomic mass is 16.5. The van der Waals surface area contributed by atoms with Crippen molar-refractivity contribution in [1.82, 2.24) is 5.32 Å². The molecule has 0 aliphatic carbocycles. The van der Waals surface area contributed by atoms with Crippen LogP contribution in [0.1, 0.15) is 12.8 Å². The van der Waals surface area contributed by atoms with Crippen LogP contribution in [0, 0.1) is 11.3 Å². The van der Waals surface area contributed by atoms with Gasteiger partial charge in [-0.25, -0.2) is 0 Å². The molecule has 1 heterocycles.